The Morgan fingerprint density at radius 3 is 3.00 bits per heavy atom. The molecule has 1 amide bonds. The molecule has 4 rings (SSSR count). The van der Waals surface area contributed by atoms with E-state index in [9.17, 15) is 4.79 Å². The van der Waals surface area contributed by atoms with Crippen molar-refractivity contribution in [3.8, 4) is 11.5 Å². The molecule has 7 nitrogen and oxygen atoms in total. The number of nitrogens with zero attached hydrogens (tertiary/aromatic N) is 4. The largest absolute Gasteiger partial charge is 0.454 e. The van der Waals surface area contributed by atoms with Crippen LogP contribution in [0.5, 0.6) is 11.5 Å². The smallest absolute Gasteiger partial charge is 0.254 e. The number of rotatable bonds is 1. The molecule has 1 aromatic heterocycles. The van der Waals surface area contributed by atoms with Crippen LogP contribution in [0.1, 0.15) is 16.2 Å². The average molecular weight is 286 g/mol. The zero-order valence-corrected chi connectivity index (χ0v) is 11.4. The summed E-state index contributed by atoms with van der Waals surface area (Å²) in [4.78, 5) is 14.4. The highest BCUT2D eigenvalue weighted by Crippen LogP contribution is 2.32. The Balaban J connectivity index is 1.54. The molecule has 3 heterocycles. The van der Waals surface area contributed by atoms with Crippen molar-refractivity contribution in [3.63, 3.8) is 0 Å². The molecule has 7 heteroatoms. The van der Waals surface area contributed by atoms with Gasteiger partial charge < -0.3 is 18.9 Å². The Morgan fingerprint density at radius 2 is 2.05 bits per heavy atom. The summed E-state index contributed by atoms with van der Waals surface area (Å²) < 4.78 is 12.6. The first-order valence-corrected chi connectivity index (χ1v) is 6.87. The van der Waals surface area contributed by atoms with E-state index >= 15 is 0 Å². The molecular weight excluding hydrogens is 272 g/mol. The summed E-state index contributed by atoms with van der Waals surface area (Å²) in [5, 5.41) is 7.96. The zero-order valence-electron chi connectivity index (χ0n) is 11.4. The molecule has 0 aliphatic carbocycles. The first-order chi connectivity index (χ1) is 10.3. The summed E-state index contributed by atoms with van der Waals surface area (Å²) >= 11 is 0. The average Bonchev–Trinajstić information content (AvgIpc) is 3.11. The van der Waals surface area contributed by atoms with Gasteiger partial charge in [-0.2, -0.15) is 0 Å². The molecule has 21 heavy (non-hydrogen) atoms. The number of fused-ring (bicyclic) bond motifs is 2. The summed E-state index contributed by atoms with van der Waals surface area (Å²) in [7, 11) is 0. The molecule has 0 atom stereocenters. The maximum absolute atomic E-state index is 12.6. The van der Waals surface area contributed by atoms with Crippen LogP contribution in [0, 0.1) is 0 Å². The van der Waals surface area contributed by atoms with Crippen LogP contribution in [0.15, 0.2) is 24.5 Å². The van der Waals surface area contributed by atoms with E-state index in [4.69, 9.17) is 9.47 Å². The van der Waals surface area contributed by atoms with Gasteiger partial charge in [-0.3, -0.25) is 4.79 Å². The van der Waals surface area contributed by atoms with E-state index in [1.807, 2.05) is 9.47 Å². The Bertz CT molecular complexity index is 675. The standard InChI is InChI=1S/C14H14N4O3/c19-14(10-1-2-11-12(7-10)21-9-20-11)17-4-3-13-16-15-8-18(13)6-5-17/h1-2,7-8H,3-6,9H2. The van der Waals surface area contributed by atoms with Gasteiger partial charge in [0.15, 0.2) is 11.5 Å². The van der Waals surface area contributed by atoms with Crippen molar-refractivity contribution in [2.75, 3.05) is 19.9 Å². The first-order valence-electron chi connectivity index (χ1n) is 6.87. The Labute approximate surface area is 121 Å². The Hall–Kier alpha value is -2.57. The Morgan fingerprint density at radius 1 is 1.14 bits per heavy atom. The van der Waals surface area contributed by atoms with Crippen LogP contribution in [0.4, 0.5) is 0 Å². The van der Waals surface area contributed by atoms with Crippen LogP contribution in [0.2, 0.25) is 0 Å². The van der Waals surface area contributed by atoms with E-state index in [-0.39, 0.29) is 12.7 Å². The van der Waals surface area contributed by atoms with Crippen molar-refractivity contribution in [1.29, 1.82) is 0 Å². The number of hydrogen-bond donors (Lipinski definition) is 0. The highest BCUT2D eigenvalue weighted by molar-refractivity contribution is 5.95. The van der Waals surface area contributed by atoms with Crippen LogP contribution < -0.4 is 9.47 Å². The van der Waals surface area contributed by atoms with Crippen molar-refractivity contribution in [2.45, 2.75) is 13.0 Å². The fourth-order valence-electron chi connectivity index (χ4n) is 2.65. The van der Waals surface area contributed by atoms with Gasteiger partial charge in [-0.25, -0.2) is 0 Å². The quantitative estimate of drug-likeness (QED) is 0.772. The van der Waals surface area contributed by atoms with Gasteiger partial charge in [-0.1, -0.05) is 0 Å². The topological polar surface area (TPSA) is 69.5 Å². The molecule has 0 bridgehead atoms. The summed E-state index contributed by atoms with van der Waals surface area (Å²) in [5.74, 6) is 2.25. The highest BCUT2D eigenvalue weighted by Gasteiger charge is 2.22. The second-order valence-corrected chi connectivity index (χ2v) is 5.05. The summed E-state index contributed by atoms with van der Waals surface area (Å²) in [5.41, 5.74) is 0.622. The van der Waals surface area contributed by atoms with Crippen molar-refractivity contribution in [2.24, 2.45) is 0 Å². The number of benzene rings is 1. The lowest BCUT2D eigenvalue weighted by Gasteiger charge is -2.20. The second kappa shape index (κ2) is 4.76. The van der Waals surface area contributed by atoms with Gasteiger partial charge in [0.25, 0.3) is 5.91 Å². The fraction of sp³-hybridized carbons (Fsp3) is 0.357. The monoisotopic (exact) mass is 286 g/mol. The van der Waals surface area contributed by atoms with Crippen LogP contribution in [0.25, 0.3) is 0 Å². The number of carbonyl (C=O) groups excluding carboxylic acids is 1. The van der Waals surface area contributed by atoms with E-state index in [0.717, 1.165) is 18.8 Å². The predicted molar refractivity (Wildman–Crippen MR) is 72.2 cm³/mol. The minimum absolute atomic E-state index is 0.00649. The molecule has 2 aliphatic heterocycles. The number of ether oxygens (including phenoxy) is 2. The van der Waals surface area contributed by atoms with Gasteiger partial charge in [-0.15, -0.1) is 10.2 Å². The minimum Gasteiger partial charge on any atom is -0.454 e. The van der Waals surface area contributed by atoms with Crippen LogP contribution in [0.3, 0.4) is 0 Å². The normalized spacial score (nSPS) is 16.5. The second-order valence-electron chi connectivity index (χ2n) is 5.05. The molecule has 0 radical (unpaired) electrons. The highest BCUT2D eigenvalue weighted by atomic mass is 16.7. The van der Waals surface area contributed by atoms with E-state index in [0.29, 0.717) is 30.2 Å². The first kappa shape index (κ1) is 12.2. The van der Waals surface area contributed by atoms with Crippen molar-refractivity contribution in [1.82, 2.24) is 19.7 Å². The summed E-state index contributed by atoms with van der Waals surface area (Å²) in [6.45, 7) is 2.23. The lowest BCUT2D eigenvalue weighted by atomic mass is 10.1. The molecular formula is C14H14N4O3. The lowest BCUT2D eigenvalue weighted by molar-refractivity contribution is 0.0758. The van der Waals surface area contributed by atoms with Gasteiger partial charge in [0.2, 0.25) is 6.79 Å². The predicted octanol–water partition coefficient (Wildman–Crippen LogP) is 0.705. The third-order valence-corrected chi connectivity index (χ3v) is 3.82. The third kappa shape index (κ3) is 2.10. The number of aromatic nitrogens is 3. The zero-order chi connectivity index (χ0) is 14.2. The van der Waals surface area contributed by atoms with E-state index < -0.39 is 0 Å². The van der Waals surface area contributed by atoms with Crippen LogP contribution >= 0.6 is 0 Å². The minimum atomic E-state index is 0.00649. The molecule has 2 aromatic rings. The molecule has 0 spiro atoms. The van der Waals surface area contributed by atoms with Gasteiger partial charge in [-0.05, 0) is 18.2 Å². The van der Waals surface area contributed by atoms with E-state index in [1.54, 1.807) is 24.5 Å². The van der Waals surface area contributed by atoms with Gasteiger partial charge in [0.05, 0.1) is 0 Å². The molecule has 108 valence electrons. The van der Waals surface area contributed by atoms with Gasteiger partial charge in [0.1, 0.15) is 12.2 Å². The molecule has 0 fully saturated rings. The fourth-order valence-corrected chi connectivity index (χ4v) is 2.65. The van der Waals surface area contributed by atoms with E-state index in [1.165, 1.54) is 0 Å². The maximum atomic E-state index is 12.6. The maximum Gasteiger partial charge on any atom is 0.254 e. The van der Waals surface area contributed by atoms with E-state index in [2.05, 4.69) is 10.2 Å². The van der Waals surface area contributed by atoms with Crippen molar-refractivity contribution < 1.29 is 14.3 Å². The van der Waals surface area contributed by atoms with Crippen LogP contribution in [-0.2, 0) is 13.0 Å². The molecule has 0 saturated heterocycles. The van der Waals surface area contributed by atoms with Gasteiger partial charge in [0, 0.05) is 31.6 Å². The molecule has 1 aromatic carbocycles. The van der Waals surface area contributed by atoms with Crippen LogP contribution in [-0.4, -0.2) is 45.5 Å². The Kier molecular flexibility index (Phi) is 2.77. The third-order valence-electron chi connectivity index (χ3n) is 3.82. The number of hydrogen-bond acceptors (Lipinski definition) is 5. The van der Waals surface area contributed by atoms with Gasteiger partial charge >= 0.3 is 0 Å². The summed E-state index contributed by atoms with van der Waals surface area (Å²) in [6.07, 6.45) is 2.43. The molecule has 0 unspecified atom stereocenters. The molecule has 2 aliphatic rings. The molecule has 0 saturated carbocycles. The van der Waals surface area contributed by atoms with Crippen molar-refractivity contribution >= 4 is 5.91 Å². The SMILES string of the molecule is O=C(c1ccc2c(c1)OCO2)N1CCc2nncn2CC1. The molecule has 0 N–H and O–H groups in total. The summed E-state index contributed by atoms with van der Waals surface area (Å²) in [6, 6.07) is 5.30. The lowest BCUT2D eigenvalue weighted by Crippen LogP contribution is -2.33. The number of carbonyl (C=O) groups is 1. The number of amides is 1. The van der Waals surface area contributed by atoms with Crippen molar-refractivity contribution in [3.05, 3.63) is 35.9 Å².